The Morgan fingerprint density at radius 1 is 1.06 bits per heavy atom. The molecule has 3 aliphatic rings. The second kappa shape index (κ2) is 3.73. The molecular formula is C15H27N. The van der Waals surface area contributed by atoms with Gasteiger partial charge < -0.3 is 5.32 Å². The zero-order chi connectivity index (χ0) is 11.3. The number of fused-ring (bicyclic) bond motifs is 1. The first-order chi connectivity index (χ1) is 7.59. The Morgan fingerprint density at radius 2 is 1.75 bits per heavy atom. The van der Waals surface area contributed by atoms with Gasteiger partial charge in [0.1, 0.15) is 0 Å². The molecule has 0 aromatic rings. The first-order valence-electron chi connectivity index (χ1n) is 7.35. The van der Waals surface area contributed by atoms with Crippen LogP contribution in [0.5, 0.6) is 0 Å². The molecule has 1 heteroatoms. The minimum Gasteiger partial charge on any atom is -0.310 e. The van der Waals surface area contributed by atoms with Crippen molar-refractivity contribution in [3.05, 3.63) is 0 Å². The highest BCUT2D eigenvalue weighted by atomic mass is 15.0. The summed E-state index contributed by atoms with van der Waals surface area (Å²) in [5.74, 6) is 3.01. The van der Waals surface area contributed by atoms with E-state index in [-0.39, 0.29) is 0 Å². The Kier molecular flexibility index (Phi) is 2.58. The summed E-state index contributed by atoms with van der Waals surface area (Å²) < 4.78 is 0. The second-order valence-corrected chi connectivity index (χ2v) is 7.29. The predicted molar refractivity (Wildman–Crippen MR) is 68.3 cm³/mol. The van der Waals surface area contributed by atoms with E-state index in [9.17, 15) is 0 Å². The minimum absolute atomic E-state index is 0.573. The third-order valence-electron chi connectivity index (χ3n) is 5.79. The topological polar surface area (TPSA) is 12.0 Å². The van der Waals surface area contributed by atoms with Gasteiger partial charge in [-0.2, -0.15) is 0 Å². The Bertz CT molecular complexity index is 265. The fourth-order valence-electron chi connectivity index (χ4n) is 4.78. The summed E-state index contributed by atoms with van der Waals surface area (Å²) in [5, 5.41) is 3.97. The lowest BCUT2D eigenvalue weighted by Crippen LogP contribution is -2.67. The van der Waals surface area contributed by atoms with Crippen molar-refractivity contribution in [2.45, 2.75) is 71.4 Å². The van der Waals surface area contributed by atoms with Gasteiger partial charge in [-0.05, 0) is 48.9 Å². The number of nitrogens with one attached hydrogen (secondary N) is 1. The summed E-state index contributed by atoms with van der Waals surface area (Å²) in [7, 11) is 0. The van der Waals surface area contributed by atoms with E-state index in [0.29, 0.717) is 5.41 Å². The maximum atomic E-state index is 3.97. The third-order valence-corrected chi connectivity index (χ3v) is 5.79. The Morgan fingerprint density at radius 3 is 2.44 bits per heavy atom. The van der Waals surface area contributed by atoms with Crippen molar-refractivity contribution in [3.8, 4) is 0 Å². The van der Waals surface area contributed by atoms with Crippen LogP contribution in [0, 0.1) is 23.2 Å². The van der Waals surface area contributed by atoms with E-state index in [1.165, 1.54) is 38.5 Å². The van der Waals surface area contributed by atoms with E-state index in [2.05, 4.69) is 26.1 Å². The molecule has 0 aromatic heterocycles. The van der Waals surface area contributed by atoms with Crippen LogP contribution in [0.2, 0.25) is 0 Å². The molecule has 0 radical (unpaired) electrons. The number of hydrogen-bond donors (Lipinski definition) is 1. The highest BCUT2D eigenvalue weighted by molar-refractivity contribution is 5.10. The molecule has 3 rings (SSSR count). The first kappa shape index (κ1) is 11.1. The molecule has 0 aliphatic heterocycles. The summed E-state index contributed by atoms with van der Waals surface area (Å²) in [4.78, 5) is 0. The quantitative estimate of drug-likeness (QED) is 0.751. The van der Waals surface area contributed by atoms with Crippen molar-refractivity contribution in [1.82, 2.24) is 5.32 Å². The molecule has 0 heterocycles. The second-order valence-electron chi connectivity index (χ2n) is 7.29. The average molecular weight is 221 g/mol. The summed E-state index contributed by atoms with van der Waals surface area (Å²) >= 11 is 0. The van der Waals surface area contributed by atoms with Gasteiger partial charge in [-0.15, -0.1) is 0 Å². The van der Waals surface area contributed by atoms with Crippen molar-refractivity contribution in [1.29, 1.82) is 0 Å². The molecule has 1 nitrogen and oxygen atoms in total. The summed E-state index contributed by atoms with van der Waals surface area (Å²) in [6.45, 7) is 7.38. The van der Waals surface area contributed by atoms with Gasteiger partial charge in [0.15, 0.2) is 0 Å². The molecule has 16 heavy (non-hydrogen) atoms. The van der Waals surface area contributed by atoms with Gasteiger partial charge in [-0.25, -0.2) is 0 Å². The molecule has 0 bridgehead atoms. The average Bonchev–Trinajstić information content (AvgIpc) is 2.22. The molecule has 3 saturated carbocycles. The van der Waals surface area contributed by atoms with Gasteiger partial charge in [-0.3, -0.25) is 0 Å². The number of hydrogen-bond acceptors (Lipinski definition) is 1. The Hall–Kier alpha value is -0.0400. The summed E-state index contributed by atoms with van der Waals surface area (Å²) in [6, 6.07) is 1.68. The van der Waals surface area contributed by atoms with Crippen molar-refractivity contribution >= 4 is 0 Å². The highest BCUT2D eigenvalue weighted by Crippen LogP contribution is 2.57. The van der Waals surface area contributed by atoms with Gasteiger partial charge in [0.25, 0.3) is 0 Å². The van der Waals surface area contributed by atoms with Gasteiger partial charge in [0, 0.05) is 12.1 Å². The van der Waals surface area contributed by atoms with E-state index in [4.69, 9.17) is 0 Å². The zero-order valence-corrected chi connectivity index (χ0v) is 11.1. The molecule has 0 spiro atoms. The SMILES string of the molecule is CC1CC(NC2[C@@H]3CCCC[C@@H]3C2(C)C)C1. The first-order valence-corrected chi connectivity index (χ1v) is 7.35. The normalized spacial score (nSPS) is 50.1. The van der Waals surface area contributed by atoms with Crippen LogP contribution >= 0.6 is 0 Å². The molecule has 0 amide bonds. The van der Waals surface area contributed by atoms with E-state index in [1.54, 1.807) is 0 Å². The zero-order valence-electron chi connectivity index (χ0n) is 11.1. The van der Waals surface area contributed by atoms with E-state index in [0.717, 1.165) is 29.8 Å². The smallest absolute Gasteiger partial charge is 0.0155 e. The van der Waals surface area contributed by atoms with E-state index >= 15 is 0 Å². The van der Waals surface area contributed by atoms with Crippen molar-refractivity contribution in [2.75, 3.05) is 0 Å². The standard InChI is InChI=1S/C15H27N/c1-10-8-11(9-10)16-14-12-6-4-5-7-13(12)15(14,2)3/h10-14,16H,4-9H2,1-3H3/t10?,11?,12-,13+,14?/m1/s1. The Labute approximate surface area is 100 Å². The highest BCUT2D eigenvalue weighted by Gasteiger charge is 2.56. The van der Waals surface area contributed by atoms with Crippen LogP contribution < -0.4 is 5.32 Å². The summed E-state index contributed by atoms with van der Waals surface area (Å²) in [5.41, 5.74) is 0.573. The Balaban J connectivity index is 1.61. The molecule has 92 valence electrons. The van der Waals surface area contributed by atoms with Crippen LogP contribution in [-0.4, -0.2) is 12.1 Å². The molecule has 3 aliphatic carbocycles. The molecule has 0 saturated heterocycles. The van der Waals surface area contributed by atoms with Gasteiger partial charge in [0.05, 0.1) is 0 Å². The fourth-order valence-corrected chi connectivity index (χ4v) is 4.78. The van der Waals surface area contributed by atoms with Crippen LogP contribution in [0.3, 0.4) is 0 Å². The third kappa shape index (κ3) is 1.54. The van der Waals surface area contributed by atoms with Crippen LogP contribution in [0.25, 0.3) is 0 Å². The van der Waals surface area contributed by atoms with Gasteiger partial charge in [0.2, 0.25) is 0 Å². The molecule has 0 aromatic carbocycles. The monoisotopic (exact) mass is 221 g/mol. The van der Waals surface area contributed by atoms with Crippen molar-refractivity contribution in [3.63, 3.8) is 0 Å². The largest absolute Gasteiger partial charge is 0.310 e. The van der Waals surface area contributed by atoms with Crippen LogP contribution in [-0.2, 0) is 0 Å². The van der Waals surface area contributed by atoms with Crippen molar-refractivity contribution < 1.29 is 0 Å². The molecule has 1 N–H and O–H groups in total. The maximum absolute atomic E-state index is 3.97. The molecular weight excluding hydrogens is 194 g/mol. The van der Waals surface area contributed by atoms with E-state index in [1.807, 2.05) is 0 Å². The maximum Gasteiger partial charge on any atom is 0.0155 e. The summed E-state index contributed by atoms with van der Waals surface area (Å²) in [6.07, 6.45) is 8.80. The van der Waals surface area contributed by atoms with Crippen LogP contribution in [0.1, 0.15) is 59.3 Å². The minimum atomic E-state index is 0.573. The predicted octanol–water partition coefficient (Wildman–Crippen LogP) is 3.59. The lowest BCUT2D eigenvalue weighted by molar-refractivity contribution is -0.0971. The molecule has 3 fully saturated rings. The molecule has 3 atom stereocenters. The van der Waals surface area contributed by atoms with Gasteiger partial charge in [-0.1, -0.05) is 33.6 Å². The lowest BCUT2D eigenvalue weighted by atomic mass is 9.47. The molecule has 1 unspecified atom stereocenters. The van der Waals surface area contributed by atoms with Crippen LogP contribution in [0.4, 0.5) is 0 Å². The van der Waals surface area contributed by atoms with E-state index < -0.39 is 0 Å². The van der Waals surface area contributed by atoms with Crippen LogP contribution in [0.15, 0.2) is 0 Å². The van der Waals surface area contributed by atoms with Gasteiger partial charge >= 0.3 is 0 Å². The number of rotatable bonds is 2. The fraction of sp³-hybridized carbons (Fsp3) is 1.00. The lowest BCUT2D eigenvalue weighted by Gasteiger charge is -2.62. The van der Waals surface area contributed by atoms with Crippen molar-refractivity contribution in [2.24, 2.45) is 23.2 Å².